The van der Waals surface area contributed by atoms with Gasteiger partial charge >= 0.3 is 11.8 Å². The lowest BCUT2D eigenvalue weighted by Gasteiger charge is -2.06. The Kier molecular flexibility index (Phi) is 5.33. The van der Waals surface area contributed by atoms with Gasteiger partial charge in [0.2, 0.25) is 0 Å². The number of aromatic hydroxyl groups is 2. The topological polar surface area (TPSA) is 111 Å². The fourth-order valence-electron chi connectivity index (χ4n) is 1.22. The van der Waals surface area contributed by atoms with E-state index in [0.29, 0.717) is 5.56 Å². The molecule has 108 valence electrons. The van der Waals surface area contributed by atoms with E-state index in [9.17, 15) is 19.8 Å². The van der Waals surface area contributed by atoms with Crippen LogP contribution >= 0.6 is 11.6 Å². The first-order valence-corrected chi connectivity index (χ1v) is 6.04. The van der Waals surface area contributed by atoms with E-state index in [1.165, 1.54) is 18.3 Å². The monoisotopic (exact) mass is 299 g/mol. The Balaban J connectivity index is 2.66. The van der Waals surface area contributed by atoms with Gasteiger partial charge in [-0.15, -0.1) is 0 Å². The average molecular weight is 300 g/mol. The van der Waals surface area contributed by atoms with Crippen LogP contribution in [-0.2, 0) is 9.59 Å². The molecular formula is C12H14ClN3O4. The van der Waals surface area contributed by atoms with E-state index in [1.807, 2.05) is 5.43 Å². The van der Waals surface area contributed by atoms with E-state index >= 15 is 0 Å². The van der Waals surface area contributed by atoms with Crippen LogP contribution in [0.5, 0.6) is 11.5 Å². The van der Waals surface area contributed by atoms with Crippen LogP contribution in [0.4, 0.5) is 0 Å². The minimum Gasteiger partial charge on any atom is -0.504 e. The molecule has 0 spiro atoms. The molecule has 4 N–H and O–H groups in total. The number of phenolic OH excluding ortho intramolecular Hbond substituents is 2. The highest BCUT2D eigenvalue weighted by atomic mass is 35.5. The second kappa shape index (κ2) is 6.76. The number of carbonyl (C=O) groups excluding carboxylic acids is 2. The van der Waals surface area contributed by atoms with Crippen LogP contribution in [0.2, 0.25) is 5.02 Å². The third-order valence-corrected chi connectivity index (χ3v) is 2.36. The van der Waals surface area contributed by atoms with Gasteiger partial charge in [-0.3, -0.25) is 9.59 Å². The van der Waals surface area contributed by atoms with E-state index in [1.54, 1.807) is 13.8 Å². The molecule has 0 aromatic heterocycles. The van der Waals surface area contributed by atoms with Crippen molar-refractivity contribution in [2.45, 2.75) is 19.9 Å². The number of rotatable bonds is 3. The number of nitrogens with zero attached hydrogens (tertiary/aromatic N) is 1. The molecule has 8 heteroatoms. The van der Waals surface area contributed by atoms with Gasteiger partial charge < -0.3 is 15.5 Å². The normalized spacial score (nSPS) is 10.8. The fraction of sp³-hybridized carbons (Fsp3) is 0.250. The van der Waals surface area contributed by atoms with Crippen molar-refractivity contribution in [1.29, 1.82) is 0 Å². The van der Waals surface area contributed by atoms with Crippen LogP contribution in [0.3, 0.4) is 0 Å². The van der Waals surface area contributed by atoms with E-state index in [0.717, 1.165) is 0 Å². The Morgan fingerprint density at radius 2 is 1.95 bits per heavy atom. The van der Waals surface area contributed by atoms with Crippen molar-refractivity contribution >= 4 is 29.6 Å². The predicted molar refractivity (Wildman–Crippen MR) is 73.8 cm³/mol. The van der Waals surface area contributed by atoms with Crippen LogP contribution in [0.1, 0.15) is 19.4 Å². The van der Waals surface area contributed by atoms with Crippen molar-refractivity contribution in [3.05, 3.63) is 22.7 Å². The second-order valence-corrected chi connectivity index (χ2v) is 4.60. The quantitative estimate of drug-likeness (QED) is 0.285. The van der Waals surface area contributed by atoms with Gasteiger partial charge in [-0.2, -0.15) is 5.10 Å². The third kappa shape index (κ3) is 4.43. The first-order valence-electron chi connectivity index (χ1n) is 5.66. The van der Waals surface area contributed by atoms with Gasteiger partial charge in [-0.05, 0) is 31.5 Å². The molecule has 0 atom stereocenters. The Morgan fingerprint density at radius 1 is 1.30 bits per heavy atom. The number of carbonyl (C=O) groups is 2. The largest absolute Gasteiger partial charge is 0.504 e. The number of halogens is 1. The van der Waals surface area contributed by atoms with Crippen molar-refractivity contribution in [3.63, 3.8) is 0 Å². The summed E-state index contributed by atoms with van der Waals surface area (Å²) in [7, 11) is 0. The molecule has 0 saturated carbocycles. The second-order valence-electron chi connectivity index (χ2n) is 4.20. The smallest absolute Gasteiger partial charge is 0.329 e. The number of phenols is 2. The summed E-state index contributed by atoms with van der Waals surface area (Å²) >= 11 is 5.65. The van der Waals surface area contributed by atoms with E-state index in [4.69, 9.17) is 11.6 Å². The maximum atomic E-state index is 11.3. The van der Waals surface area contributed by atoms with Gasteiger partial charge in [0, 0.05) is 6.04 Å². The number of hydrogen-bond donors (Lipinski definition) is 4. The maximum absolute atomic E-state index is 11.3. The van der Waals surface area contributed by atoms with Gasteiger partial charge in [0.05, 0.1) is 11.2 Å². The highest BCUT2D eigenvalue weighted by Crippen LogP contribution is 2.33. The molecule has 2 amide bonds. The summed E-state index contributed by atoms with van der Waals surface area (Å²) in [6, 6.07) is 2.37. The van der Waals surface area contributed by atoms with Crippen molar-refractivity contribution in [2.75, 3.05) is 0 Å². The third-order valence-electron chi connectivity index (χ3n) is 2.07. The zero-order chi connectivity index (χ0) is 15.3. The first kappa shape index (κ1) is 15.8. The zero-order valence-electron chi connectivity index (χ0n) is 10.8. The molecule has 0 unspecified atom stereocenters. The Hall–Kier alpha value is -2.28. The molecule has 0 bridgehead atoms. The number of hydrazone groups is 1. The Labute approximate surface area is 120 Å². The molecule has 0 aliphatic heterocycles. The van der Waals surface area contributed by atoms with Crippen molar-refractivity contribution in [3.8, 4) is 11.5 Å². The number of benzene rings is 1. The lowest BCUT2D eigenvalue weighted by molar-refractivity contribution is -0.139. The molecule has 0 radical (unpaired) electrons. The van der Waals surface area contributed by atoms with Crippen LogP contribution < -0.4 is 10.7 Å². The van der Waals surface area contributed by atoms with Crippen molar-refractivity contribution in [1.82, 2.24) is 10.7 Å². The van der Waals surface area contributed by atoms with Gasteiger partial charge in [0.15, 0.2) is 11.5 Å². The highest BCUT2D eigenvalue weighted by Gasteiger charge is 2.13. The highest BCUT2D eigenvalue weighted by molar-refractivity contribution is 6.35. The number of nitrogens with one attached hydrogen (secondary N) is 2. The van der Waals surface area contributed by atoms with Crippen LogP contribution in [0.25, 0.3) is 0 Å². The van der Waals surface area contributed by atoms with Crippen LogP contribution in [0, 0.1) is 0 Å². The molecule has 1 aromatic rings. The molecule has 0 saturated heterocycles. The molecule has 0 heterocycles. The lowest BCUT2D eigenvalue weighted by atomic mass is 10.2. The summed E-state index contributed by atoms with van der Waals surface area (Å²) in [6.45, 7) is 3.44. The van der Waals surface area contributed by atoms with Crippen molar-refractivity contribution in [2.24, 2.45) is 5.10 Å². The molecular weight excluding hydrogens is 286 g/mol. The fourth-order valence-corrected chi connectivity index (χ4v) is 1.45. The SMILES string of the molecule is CC(C)NC(=O)C(=O)N/N=C/c1cc(O)c(O)c(Cl)c1. The van der Waals surface area contributed by atoms with Crippen molar-refractivity contribution < 1.29 is 19.8 Å². The molecule has 7 nitrogen and oxygen atoms in total. The zero-order valence-corrected chi connectivity index (χ0v) is 11.6. The maximum Gasteiger partial charge on any atom is 0.329 e. The standard InChI is InChI=1S/C12H14ClN3O4/c1-6(2)15-11(19)12(20)16-14-5-7-3-8(13)10(18)9(17)4-7/h3-6,17-18H,1-2H3,(H,15,19)(H,16,20)/b14-5+. The number of hydrogen-bond acceptors (Lipinski definition) is 5. The van der Waals surface area contributed by atoms with Crippen LogP contribution in [-0.4, -0.2) is 34.3 Å². The van der Waals surface area contributed by atoms with Crippen LogP contribution in [0.15, 0.2) is 17.2 Å². The summed E-state index contributed by atoms with van der Waals surface area (Å²) in [6.07, 6.45) is 1.17. The molecule has 0 fully saturated rings. The summed E-state index contributed by atoms with van der Waals surface area (Å²) in [5.74, 6) is -2.57. The molecule has 1 rings (SSSR count). The van der Waals surface area contributed by atoms with Gasteiger partial charge in [0.1, 0.15) is 0 Å². The average Bonchev–Trinajstić information content (AvgIpc) is 2.34. The first-order chi connectivity index (χ1) is 9.31. The summed E-state index contributed by atoms with van der Waals surface area (Å²) in [4.78, 5) is 22.6. The molecule has 0 aliphatic carbocycles. The molecule has 20 heavy (non-hydrogen) atoms. The summed E-state index contributed by atoms with van der Waals surface area (Å²) in [5, 5.41) is 24.5. The molecule has 0 aliphatic rings. The Morgan fingerprint density at radius 3 is 2.50 bits per heavy atom. The molecule has 1 aromatic carbocycles. The summed E-state index contributed by atoms with van der Waals surface area (Å²) in [5.41, 5.74) is 2.36. The number of amides is 2. The Bertz CT molecular complexity index is 535. The minimum atomic E-state index is -0.913. The lowest BCUT2D eigenvalue weighted by Crippen LogP contribution is -2.41. The summed E-state index contributed by atoms with van der Waals surface area (Å²) < 4.78 is 0. The van der Waals surface area contributed by atoms with E-state index in [-0.39, 0.29) is 11.1 Å². The minimum absolute atomic E-state index is 0.0599. The van der Waals surface area contributed by atoms with Gasteiger partial charge in [-0.1, -0.05) is 11.6 Å². The van der Waals surface area contributed by atoms with E-state index in [2.05, 4.69) is 10.4 Å². The predicted octanol–water partition coefficient (Wildman–Crippen LogP) is 0.726. The van der Waals surface area contributed by atoms with Gasteiger partial charge in [-0.25, -0.2) is 5.43 Å². The van der Waals surface area contributed by atoms with E-state index < -0.39 is 23.3 Å². The van der Waals surface area contributed by atoms with Gasteiger partial charge in [0.25, 0.3) is 0 Å².